The Bertz CT molecular complexity index is 162. The van der Waals surface area contributed by atoms with E-state index in [9.17, 15) is 4.79 Å². The number of unbranched alkanes of at least 4 members (excludes halogenated alkanes) is 1. The maximum atomic E-state index is 10.2. The van der Waals surface area contributed by atoms with E-state index in [1.165, 1.54) is 0 Å². The zero-order chi connectivity index (χ0) is 9.56. The Morgan fingerprint density at radius 2 is 1.92 bits per heavy atom. The van der Waals surface area contributed by atoms with Gasteiger partial charge in [-0.15, -0.1) is 0 Å². The summed E-state index contributed by atoms with van der Waals surface area (Å²) in [6, 6.07) is 0. The van der Waals surface area contributed by atoms with Crippen LogP contribution in [0.5, 0.6) is 0 Å². The van der Waals surface area contributed by atoms with Crippen molar-refractivity contribution < 1.29 is 20.1 Å². The number of rotatable bonds is 6. The van der Waals surface area contributed by atoms with Crippen molar-refractivity contribution in [3.05, 3.63) is 12.2 Å². The van der Waals surface area contributed by atoms with Gasteiger partial charge in [0, 0.05) is 5.57 Å². The molecule has 0 aliphatic carbocycles. The third kappa shape index (κ3) is 5.88. The van der Waals surface area contributed by atoms with Gasteiger partial charge in [0.1, 0.15) is 0 Å². The summed E-state index contributed by atoms with van der Waals surface area (Å²) in [7, 11) is 0. The maximum Gasteiger partial charge on any atom is 0.330 e. The van der Waals surface area contributed by atoms with E-state index >= 15 is 0 Å². The molecule has 0 aromatic rings. The quantitative estimate of drug-likeness (QED) is 0.311. The molecule has 0 spiro atoms. The summed E-state index contributed by atoms with van der Waals surface area (Å²) in [5.74, 6) is -0.987. The summed E-state index contributed by atoms with van der Waals surface area (Å²) in [4.78, 5) is 10.2. The van der Waals surface area contributed by atoms with Gasteiger partial charge in [-0.1, -0.05) is 6.58 Å². The van der Waals surface area contributed by atoms with Crippen LogP contribution < -0.4 is 0 Å². The average molecular weight is 174 g/mol. The van der Waals surface area contributed by atoms with Crippen LogP contribution in [0.1, 0.15) is 25.7 Å². The SMILES string of the molecule is C=C(CCCCC(O)O)C(=O)O. The molecule has 12 heavy (non-hydrogen) atoms. The summed E-state index contributed by atoms with van der Waals surface area (Å²) >= 11 is 0. The predicted octanol–water partition coefficient (Wildman–Crippen LogP) is 0.498. The predicted molar refractivity (Wildman–Crippen MR) is 43.5 cm³/mol. The summed E-state index contributed by atoms with van der Waals surface area (Å²) in [5.41, 5.74) is 0.169. The Morgan fingerprint density at radius 3 is 2.33 bits per heavy atom. The molecule has 0 amide bonds. The van der Waals surface area contributed by atoms with Crippen molar-refractivity contribution in [2.75, 3.05) is 0 Å². The number of carboxylic acids is 1. The molecule has 4 heteroatoms. The van der Waals surface area contributed by atoms with E-state index in [0.717, 1.165) is 0 Å². The largest absolute Gasteiger partial charge is 0.478 e. The standard InChI is InChI=1S/C8H14O4/c1-6(8(11)12)4-2-3-5-7(9)10/h7,9-10H,1-5H2,(H,11,12). The first-order valence-corrected chi connectivity index (χ1v) is 3.81. The second-order valence-electron chi connectivity index (χ2n) is 2.64. The number of hydrogen-bond donors (Lipinski definition) is 3. The van der Waals surface area contributed by atoms with Crippen LogP contribution in [0.3, 0.4) is 0 Å². The lowest BCUT2D eigenvalue weighted by Gasteiger charge is -2.02. The smallest absolute Gasteiger partial charge is 0.330 e. The molecule has 0 aromatic heterocycles. The highest BCUT2D eigenvalue weighted by Crippen LogP contribution is 2.07. The minimum absolute atomic E-state index is 0.169. The molecule has 3 N–H and O–H groups in total. The molecule has 0 aromatic carbocycles. The number of hydrogen-bond acceptors (Lipinski definition) is 3. The van der Waals surface area contributed by atoms with Crippen LogP contribution in [0, 0.1) is 0 Å². The van der Waals surface area contributed by atoms with Gasteiger partial charge in [-0.25, -0.2) is 4.79 Å². The molecule has 0 unspecified atom stereocenters. The Balaban J connectivity index is 3.32. The van der Waals surface area contributed by atoms with E-state index in [1.807, 2.05) is 0 Å². The third-order valence-electron chi connectivity index (χ3n) is 1.49. The summed E-state index contributed by atoms with van der Waals surface area (Å²) < 4.78 is 0. The molecule has 0 aliphatic heterocycles. The molecule has 0 aliphatic rings. The van der Waals surface area contributed by atoms with Crippen molar-refractivity contribution in [3.63, 3.8) is 0 Å². The van der Waals surface area contributed by atoms with Crippen molar-refractivity contribution in [2.24, 2.45) is 0 Å². The normalized spacial score (nSPS) is 10.2. The fourth-order valence-corrected chi connectivity index (χ4v) is 0.772. The van der Waals surface area contributed by atoms with Gasteiger partial charge in [0.25, 0.3) is 0 Å². The van der Waals surface area contributed by atoms with E-state index in [0.29, 0.717) is 19.3 Å². The highest BCUT2D eigenvalue weighted by atomic mass is 16.5. The number of carboxylic acid groups (broad SMARTS) is 1. The summed E-state index contributed by atoms with van der Waals surface area (Å²) in [6.45, 7) is 3.35. The number of aliphatic hydroxyl groups is 2. The van der Waals surface area contributed by atoms with Crippen molar-refractivity contribution in [1.29, 1.82) is 0 Å². The monoisotopic (exact) mass is 174 g/mol. The lowest BCUT2D eigenvalue weighted by molar-refractivity contribution is -0.132. The number of aliphatic hydroxyl groups excluding tert-OH is 1. The molecular formula is C8H14O4. The van der Waals surface area contributed by atoms with Gasteiger partial charge >= 0.3 is 5.97 Å². The van der Waals surface area contributed by atoms with Gasteiger partial charge in [-0.05, 0) is 25.7 Å². The molecule has 0 heterocycles. The van der Waals surface area contributed by atoms with Crippen LogP contribution in [0.15, 0.2) is 12.2 Å². The second-order valence-corrected chi connectivity index (χ2v) is 2.64. The molecule has 0 atom stereocenters. The van der Waals surface area contributed by atoms with E-state index in [4.69, 9.17) is 15.3 Å². The summed E-state index contributed by atoms with van der Waals surface area (Å²) in [5, 5.41) is 25.3. The Labute approximate surface area is 71.1 Å². The van der Waals surface area contributed by atoms with Crippen LogP contribution >= 0.6 is 0 Å². The molecule has 0 fully saturated rings. The lowest BCUT2D eigenvalue weighted by Crippen LogP contribution is -2.04. The van der Waals surface area contributed by atoms with Crippen LogP contribution in [-0.2, 0) is 4.79 Å². The molecule has 0 saturated carbocycles. The molecular weight excluding hydrogens is 160 g/mol. The van der Waals surface area contributed by atoms with Crippen LogP contribution in [0.2, 0.25) is 0 Å². The molecule has 0 radical (unpaired) electrons. The summed E-state index contributed by atoms with van der Waals surface area (Å²) in [6.07, 6.45) is 0.630. The highest BCUT2D eigenvalue weighted by molar-refractivity contribution is 5.85. The van der Waals surface area contributed by atoms with Crippen molar-refractivity contribution in [3.8, 4) is 0 Å². The maximum absolute atomic E-state index is 10.2. The molecule has 4 nitrogen and oxygen atoms in total. The van der Waals surface area contributed by atoms with E-state index in [-0.39, 0.29) is 12.0 Å². The Morgan fingerprint density at radius 1 is 1.33 bits per heavy atom. The first-order chi connectivity index (χ1) is 5.54. The Hall–Kier alpha value is -0.870. The molecule has 70 valence electrons. The minimum atomic E-state index is -1.29. The zero-order valence-corrected chi connectivity index (χ0v) is 6.86. The average Bonchev–Trinajstić information content (AvgIpc) is 1.97. The second kappa shape index (κ2) is 5.74. The topological polar surface area (TPSA) is 77.8 Å². The van der Waals surface area contributed by atoms with E-state index < -0.39 is 12.3 Å². The van der Waals surface area contributed by atoms with E-state index in [1.54, 1.807) is 0 Å². The van der Waals surface area contributed by atoms with E-state index in [2.05, 4.69) is 6.58 Å². The Kier molecular flexibility index (Phi) is 5.32. The fourth-order valence-electron chi connectivity index (χ4n) is 0.772. The highest BCUT2D eigenvalue weighted by Gasteiger charge is 2.03. The number of aliphatic carboxylic acids is 1. The minimum Gasteiger partial charge on any atom is -0.478 e. The van der Waals surface area contributed by atoms with Crippen molar-refractivity contribution in [1.82, 2.24) is 0 Å². The number of carbonyl (C=O) groups is 1. The lowest BCUT2D eigenvalue weighted by atomic mass is 10.1. The van der Waals surface area contributed by atoms with Gasteiger partial charge in [-0.3, -0.25) is 0 Å². The molecule has 0 rings (SSSR count). The van der Waals surface area contributed by atoms with Gasteiger partial charge < -0.3 is 15.3 Å². The molecule has 0 bridgehead atoms. The van der Waals surface area contributed by atoms with Crippen LogP contribution in [-0.4, -0.2) is 27.6 Å². The molecule has 0 saturated heterocycles. The first-order valence-electron chi connectivity index (χ1n) is 3.81. The van der Waals surface area contributed by atoms with Gasteiger partial charge in [0.15, 0.2) is 6.29 Å². The van der Waals surface area contributed by atoms with Crippen LogP contribution in [0.25, 0.3) is 0 Å². The first kappa shape index (κ1) is 11.1. The van der Waals surface area contributed by atoms with Crippen molar-refractivity contribution >= 4 is 5.97 Å². The van der Waals surface area contributed by atoms with Gasteiger partial charge in [0.05, 0.1) is 0 Å². The van der Waals surface area contributed by atoms with Gasteiger partial charge in [-0.2, -0.15) is 0 Å². The third-order valence-corrected chi connectivity index (χ3v) is 1.49. The van der Waals surface area contributed by atoms with Gasteiger partial charge in [0.2, 0.25) is 0 Å². The van der Waals surface area contributed by atoms with Crippen LogP contribution in [0.4, 0.5) is 0 Å². The van der Waals surface area contributed by atoms with Crippen molar-refractivity contribution in [2.45, 2.75) is 32.0 Å². The fraction of sp³-hybridized carbons (Fsp3) is 0.625. The zero-order valence-electron chi connectivity index (χ0n) is 6.86.